The Morgan fingerprint density at radius 2 is 2.04 bits per heavy atom. The lowest BCUT2D eigenvalue weighted by atomic mass is 9.96. The molecule has 0 unspecified atom stereocenters. The van der Waals surface area contributed by atoms with Crippen LogP contribution in [0.4, 0.5) is 0 Å². The summed E-state index contributed by atoms with van der Waals surface area (Å²) in [7, 11) is 0. The van der Waals surface area contributed by atoms with Crippen molar-refractivity contribution in [3.05, 3.63) is 17.0 Å². The number of piperidine rings is 1. The van der Waals surface area contributed by atoms with Gasteiger partial charge in [0.15, 0.2) is 0 Å². The zero-order valence-electron chi connectivity index (χ0n) is 16.0. The Morgan fingerprint density at radius 1 is 1.23 bits per heavy atom. The van der Waals surface area contributed by atoms with E-state index in [9.17, 15) is 4.79 Å². The second-order valence-electron chi connectivity index (χ2n) is 8.16. The molecule has 2 fully saturated rings. The molecule has 1 aromatic heterocycles. The molecule has 0 radical (unpaired) electrons. The minimum Gasteiger partial charge on any atom is -0.376 e. The molecule has 1 amide bonds. The lowest BCUT2D eigenvalue weighted by Gasteiger charge is -2.31. The molecule has 0 spiro atoms. The summed E-state index contributed by atoms with van der Waals surface area (Å²) in [5.74, 6) is 1.56. The van der Waals surface area contributed by atoms with Crippen LogP contribution in [0.3, 0.4) is 0 Å². The predicted molar refractivity (Wildman–Crippen MR) is 99.6 cm³/mol. The monoisotopic (exact) mass is 360 g/mol. The number of rotatable bonds is 7. The quantitative estimate of drug-likeness (QED) is 0.809. The van der Waals surface area contributed by atoms with E-state index in [4.69, 9.17) is 9.84 Å². The molecule has 26 heavy (non-hydrogen) atoms. The Labute approximate surface area is 156 Å². The van der Waals surface area contributed by atoms with Crippen molar-refractivity contribution in [2.75, 3.05) is 26.2 Å². The van der Waals surface area contributed by atoms with Gasteiger partial charge in [-0.15, -0.1) is 0 Å². The second-order valence-corrected chi connectivity index (χ2v) is 8.16. The summed E-state index contributed by atoms with van der Waals surface area (Å²) in [5, 5.41) is 8.00. The molecule has 0 aromatic carbocycles. The van der Waals surface area contributed by atoms with E-state index in [1.807, 2.05) is 0 Å². The predicted octanol–water partition coefficient (Wildman–Crippen LogP) is 2.10. The van der Waals surface area contributed by atoms with Crippen molar-refractivity contribution in [2.45, 2.75) is 65.1 Å². The fourth-order valence-electron chi connectivity index (χ4n) is 4.24. The van der Waals surface area contributed by atoms with Crippen LogP contribution in [0, 0.1) is 11.8 Å². The standard InChI is InChI=1S/C20H32N4O2/c1-2-24-19-7-10-26-14-17(19)18(22-24)13-23-8-5-16(6-9-23)12-21-20(25)11-15-3-4-15/h15-16H,2-14H2,1H3,(H,21,25). The van der Waals surface area contributed by atoms with Gasteiger partial charge in [0.05, 0.1) is 18.9 Å². The first kappa shape index (κ1) is 18.0. The van der Waals surface area contributed by atoms with Crippen LogP contribution in [-0.2, 0) is 35.6 Å². The number of carbonyl (C=O) groups excluding carboxylic acids is 1. The van der Waals surface area contributed by atoms with Gasteiger partial charge in [0.2, 0.25) is 5.91 Å². The Hall–Kier alpha value is -1.40. The second kappa shape index (κ2) is 8.09. The van der Waals surface area contributed by atoms with Crippen LogP contribution in [0.2, 0.25) is 0 Å². The van der Waals surface area contributed by atoms with Gasteiger partial charge in [-0.3, -0.25) is 14.4 Å². The third-order valence-corrected chi connectivity index (χ3v) is 6.12. The van der Waals surface area contributed by atoms with E-state index in [1.54, 1.807) is 0 Å². The highest BCUT2D eigenvalue weighted by molar-refractivity contribution is 5.76. The Bertz CT molecular complexity index is 630. The summed E-state index contributed by atoms with van der Waals surface area (Å²) in [6, 6.07) is 0. The molecule has 1 N–H and O–H groups in total. The van der Waals surface area contributed by atoms with Crippen molar-refractivity contribution in [2.24, 2.45) is 11.8 Å². The molecule has 1 saturated heterocycles. The van der Waals surface area contributed by atoms with Crippen LogP contribution in [0.15, 0.2) is 0 Å². The minimum atomic E-state index is 0.256. The highest BCUT2D eigenvalue weighted by atomic mass is 16.5. The molecule has 4 rings (SSSR count). The van der Waals surface area contributed by atoms with Crippen LogP contribution < -0.4 is 5.32 Å². The van der Waals surface area contributed by atoms with E-state index in [0.29, 0.717) is 18.4 Å². The number of aromatic nitrogens is 2. The first-order chi connectivity index (χ1) is 12.7. The van der Waals surface area contributed by atoms with Gasteiger partial charge in [-0.2, -0.15) is 5.10 Å². The highest BCUT2D eigenvalue weighted by Gasteiger charge is 2.26. The van der Waals surface area contributed by atoms with Crippen LogP contribution in [0.25, 0.3) is 0 Å². The largest absolute Gasteiger partial charge is 0.376 e. The summed E-state index contributed by atoms with van der Waals surface area (Å²) < 4.78 is 7.84. The highest BCUT2D eigenvalue weighted by Crippen LogP contribution is 2.32. The van der Waals surface area contributed by atoms with Crippen LogP contribution in [-0.4, -0.2) is 46.8 Å². The van der Waals surface area contributed by atoms with Crippen LogP contribution in [0.5, 0.6) is 0 Å². The average Bonchev–Trinajstić information content (AvgIpc) is 3.41. The molecule has 6 nitrogen and oxygen atoms in total. The minimum absolute atomic E-state index is 0.256. The maximum atomic E-state index is 11.9. The number of nitrogens with zero attached hydrogens (tertiary/aromatic N) is 3. The van der Waals surface area contributed by atoms with Crippen molar-refractivity contribution < 1.29 is 9.53 Å². The maximum absolute atomic E-state index is 11.9. The van der Waals surface area contributed by atoms with Crippen molar-refractivity contribution in [3.8, 4) is 0 Å². The van der Waals surface area contributed by atoms with Crippen LogP contribution >= 0.6 is 0 Å². The molecule has 2 aliphatic heterocycles. The van der Waals surface area contributed by atoms with Crippen molar-refractivity contribution in [1.82, 2.24) is 20.0 Å². The molecular formula is C20H32N4O2. The number of likely N-dealkylation sites (tertiary alicyclic amines) is 1. The molecule has 3 aliphatic rings. The first-order valence-electron chi connectivity index (χ1n) is 10.4. The topological polar surface area (TPSA) is 59.4 Å². The van der Waals surface area contributed by atoms with Gasteiger partial charge in [-0.1, -0.05) is 0 Å². The number of hydrogen-bond acceptors (Lipinski definition) is 4. The lowest BCUT2D eigenvalue weighted by molar-refractivity contribution is -0.121. The molecular weight excluding hydrogens is 328 g/mol. The number of carbonyl (C=O) groups is 1. The summed E-state index contributed by atoms with van der Waals surface area (Å²) in [4.78, 5) is 14.4. The average molecular weight is 361 g/mol. The van der Waals surface area contributed by atoms with E-state index in [2.05, 4.69) is 21.8 Å². The molecule has 1 aliphatic carbocycles. The van der Waals surface area contributed by atoms with Gasteiger partial charge in [-0.05, 0) is 57.5 Å². The molecule has 6 heteroatoms. The number of nitrogens with one attached hydrogen (secondary N) is 1. The Morgan fingerprint density at radius 3 is 2.77 bits per heavy atom. The summed E-state index contributed by atoms with van der Waals surface area (Å²) in [6.07, 6.45) is 6.54. The van der Waals surface area contributed by atoms with Crippen molar-refractivity contribution >= 4 is 5.91 Å². The molecule has 1 saturated carbocycles. The molecule has 144 valence electrons. The summed E-state index contributed by atoms with van der Waals surface area (Å²) >= 11 is 0. The van der Waals surface area contributed by atoms with Gasteiger partial charge >= 0.3 is 0 Å². The van der Waals surface area contributed by atoms with Crippen molar-refractivity contribution in [3.63, 3.8) is 0 Å². The Balaban J connectivity index is 1.25. The fourth-order valence-corrected chi connectivity index (χ4v) is 4.24. The van der Waals surface area contributed by atoms with E-state index >= 15 is 0 Å². The number of hydrogen-bond donors (Lipinski definition) is 1. The number of fused-ring (bicyclic) bond motifs is 1. The summed E-state index contributed by atoms with van der Waals surface area (Å²) in [6.45, 7) is 8.60. The smallest absolute Gasteiger partial charge is 0.220 e. The van der Waals surface area contributed by atoms with Gasteiger partial charge in [0.25, 0.3) is 0 Å². The third-order valence-electron chi connectivity index (χ3n) is 6.12. The van der Waals surface area contributed by atoms with E-state index in [-0.39, 0.29) is 5.91 Å². The molecule has 1 aromatic rings. The van der Waals surface area contributed by atoms with E-state index in [0.717, 1.165) is 65.0 Å². The lowest BCUT2D eigenvalue weighted by Crippen LogP contribution is -2.38. The SMILES string of the molecule is CCn1nc(CN2CCC(CNC(=O)CC3CC3)CC2)c2c1CCOC2. The van der Waals surface area contributed by atoms with Gasteiger partial charge < -0.3 is 10.1 Å². The van der Waals surface area contributed by atoms with Gasteiger partial charge in [0, 0.05) is 43.7 Å². The zero-order chi connectivity index (χ0) is 17.9. The molecule has 0 atom stereocenters. The summed E-state index contributed by atoms with van der Waals surface area (Å²) in [5.41, 5.74) is 3.91. The third kappa shape index (κ3) is 4.29. The van der Waals surface area contributed by atoms with E-state index in [1.165, 1.54) is 29.8 Å². The van der Waals surface area contributed by atoms with Crippen molar-refractivity contribution in [1.29, 1.82) is 0 Å². The van der Waals surface area contributed by atoms with Gasteiger partial charge in [-0.25, -0.2) is 0 Å². The number of amides is 1. The Kier molecular flexibility index (Phi) is 5.60. The maximum Gasteiger partial charge on any atom is 0.220 e. The van der Waals surface area contributed by atoms with Gasteiger partial charge in [0.1, 0.15) is 0 Å². The van der Waals surface area contributed by atoms with Crippen LogP contribution in [0.1, 0.15) is 56.0 Å². The molecule has 0 bridgehead atoms. The van der Waals surface area contributed by atoms with E-state index < -0.39 is 0 Å². The number of ether oxygens (including phenoxy) is 1. The normalized spacial score (nSPS) is 21.6. The fraction of sp³-hybridized carbons (Fsp3) is 0.800. The number of aryl methyl sites for hydroxylation is 1. The molecule has 3 heterocycles. The zero-order valence-corrected chi connectivity index (χ0v) is 16.0. The first-order valence-corrected chi connectivity index (χ1v) is 10.4.